The maximum Gasteiger partial charge on any atom is 0.220 e. The molecule has 0 unspecified atom stereocenters. The van der Waals surface area contributed by atoms with Crippen LogP contribution in [0.25, 0.3) is 0 Å². The van der Waals surface area contributed by atoms with Gasteiger partial charge in [-0.25, -0.2) is 0 Å². The highest BCUT2D eigenvalue weighted by Crippen LogP contribution is 2.71. The molecule has 1 amide bonds. The van der Waals surface area contributed by atoms with Crippen LogP contribution in [0, 0.1) is 22.7 Å². The van der Waals surface area contributed by atoms with Crippen molar-refractivity contribution in [3.63, 3.8) is 0 Å². The van der Waals surface area contributed by atoms with Crippen molar-refractivity contribution < 1.29 is 9.90 Å². The van der Waals surface area contributed by atoms with E-state index in [1.165, 1.54) is 25.7 Å². The molecule has 3 nitrogen and oxygen atoms in total. The Kier molecular flexibility index (Phi) is 4.57. The van der Waals surface area contributed by atoms with Crippen LogP contribution in [0.5, 0.6) is 0 Å². The Morgan fingerprint density at radius 1 is 1.19 bits per heavy atom. The van der Waals surface area contributed by atoms with Crippen LogP contribution in [0.15, 0.2) is 12.2 Å². The van der Waals surface area contributed by atoms with Crippen LogP contribution in [-0.4, -0.2) is 22.2 Å². The lowest BCUT2D eigenvalue weighted by molar-refractivity contribution is -0.154. The SMILES string of the molecule is C=C1C[C@@]23CC[C@H]4[C@@](C)(CCC[C@@]4(C)NC(=O)CCCC)[C@@H]2CC[C@]1(O)C3. The average molecular weight is 374 g/mol. The van der Waals surface area contributed by atoms with Crippen molar-refractivity contribution >= 4 is 5.91 Å². The fourth-order valence-electron chi connectivity index (χ4n) is 8.22. The summed E-state index contributed by atoms with van der Waals surface area (Å²) in [6.45, 7) is 11.3. The lowest BCUT2D eigenvalue weighted by Gasteiger charge is -2.64. The van der Waals surface area contributed by atoms with Crippen molar-refractivity contribution in [2.45, 2.75) is 109 Å². The third kappa shape index (κ3) is 2.82. The molecule has 0 saturated heterocycles. The van der Waals surface area contributed by atoms with Gasteiger partial charge in [-0.2, -0.15) is 0 Å². The number of amides is 1. The molecule has 2 N–H and O–H groups in total. The van der Waals surface area contributed by atoms with Gasteiger partial charge in [0.25, 0.3) is 0 Å². The molecule has 0 radical (unpaired) electrons. The molecule has 27 heavy (non-hydrogen) atoms. The van der Waals surface area contributed by atoms with Crippen LogP contribution in [-0.2, 0) is 4.79 Å². The van der Waals surface area contributed by atoms with Gasteiger partial charge < -0.3 is 10.4 Å². The van der Waals surface area contributed by atoms with Gasteiger partial charge in [0.05, 0.1) is 5.60 Å². The van der Waals surface area contributed by atoms with E-state index in [1.807, 2.05) is 0 Å². The molecule has 1 spiro atoms. The average Bonchev–Trinajstić information content (AvgIpc) is 2.76. The van der Waals surface area contributed by atoms with E-state index in [0.717, 1.165) is 50.5 Å². The van der Waals surface area contributed by atoms with E-state index in [0.29, 0.717) is 18.3 Å². The molecule has 4 aliphatic rings. The topological polar surface area (TPSA) is 49.3 Å². The Bertz CT molecular complexity index is 644. The monoisotopic (exact) mass is 373 g/mol. The van der Waals surface area contributed by atoms with Crippen LogP contribution in [0.1, 0.15) is 97.8 Å². The first kappa shape index (κ1) is 19.5. The first-order valence-electron chi connectivity index (χ1n) is 11.4. The molecule has 6 atom stereocenters. The second-order valence-corrected chi connectivity index (χ2v) is 11.0. The first-order valence-corrected chi connectivity index (χ1v) is 11.4. The number of aliphatic hydroxyl groups is 1. The molecule has 2 bridgehead atoms. The number of nitrogens with one attached hydrogen (secondary N) is 1. The lowest BCUT2D eigenvalue weighted by atomic mass is 9.42. The van der Waals surface area contributed by atoms with E-state index in [1.54, 1.807) is 0 Å². The van der Waals surface area contributed by atoms with Crippen molar-refractivity contribution in [3.05, 3.63) is 12.2 Å². The van der Waals surface area contributed by atoms with Crippen LogP contribution in [0.2, 0.25) is 0 Å². The van der Waals surface area contributed by atoms with Crippen molar-refractivity contribution in [2.24, 2.45) is 22.7 Å². The largest absolute Gasteiger partial charge is 0.386 e. The normalized spacial score (nSPS) is 48.7. The van der Waals surface area contributed by atoms with Gasteiger partial charge in [-0.15, -0.1) is 0 Å². The summed E-state index contributed by atoms with van der Waals surface area (Å²) in [5, 5.41) is 14.6. The van der Waals surface area contributed by atoms with Gasteiger partial charge in [-0.1, -0.05) is 33.3 Å². The van der Waals surface area contributed by atoms with Gasteiger partial charge in [-0.3, -0.25) is 4.79 Å². The molecule has 0 aromatic heterocycles. The molecule has 152 valence electrons. The minimum atomic E-state index is -0.591. The minimum Gasteiger partial charge on any atom is -0.386 e. The van der Waals surface area contributed by atoms with Crippen LogP contribution < -0.4 is 5.32 Å². The summed E-state index contributed by atoms with van der Waals surface area (Å²) in [6, 6.07) is 0. The molecule has 4 rings (SSSR count). The maximum absolute atomic E-state index is 12.6. The number of unbranched alkanes of at least 4 members (excludes halogenated alkanes) is 1. The number of hydrogen-bond acceptors (Lipinski definition) is 2. The van der Waals surface area contributed by atoms with Crippen molar-refractivity contribution in [3.8, 4) is 0 Å². The predicted molar refractivity (Wildman–Crippen MR) is 109 cm³/mol. The van der Waals surface area contributed by atoms with Crippen molar-refractivity contribution in [1.29, 1.82) is 0 Å². The van der Waals surface area contributed by atoms with Crippen LogP contribution >= 0.6 is 0 Å². The Hall–Kier alpha value is -0.830. The van der Waals surface area contributed by atoms with E-state index in [-0.39, 0.29) is 22.3 Å². The Balaban J connectivity index is 1.60. The highest BCUT2D eigenvalue weighted by Gasteiger charge is 2.66. The third-order valence-electron chi connectivity index (χ3n) is 9.34. The maximum atomic E-state index is 12.6. The van der Waals surface area contributed by atoms with Gasteiger partial charge in [0.15, 0.2) is 0 Å². The summed E-state index contributed by atoms with van der Waals surface area (Å²) in [4.78, 5) is 12.6. The highest BCUT2D eigenvalue weighted by atomic mass is 16.3. The smallest absolute Gasteiger partial charge is 0.220 e. The molecule has 0 aromatic rings. The molecule has 3 heteroatoms. The predicted octanol–water partition coefficient (Wildman–Crippen LogP) is 5.13. The van der Waals surface area contributed by atoms with Gasteiger partial charge in [0.2, 0.25) is 5.91 Å². The van der Waals surface area contributed by atoms with Gasteiger partial charge in [-0.05, 0) is 93.0 Å². The first-order chi connectivity index (χ1) is 12.7. The number of fused-ring (bicyclic) bond motifs is 3. The zero-order valence-corrected chi connectivity index (χ0v) is 17.7. The molecule has 0 aliphatic heterocycles. The molecule has 4 fully saturated rings. The summed E-state index contributed by atoms with van der Waals surface area (Å²) >= 11 is 0. The number of hydrogen-bond donors (Lipinski definition) is 2. The van der Waals surface area contributed by atoms with E-state index < -0.39 is 5.60 Å². The number of carbonyl (C=O) groups is 1. The third-order valence-corrected chi connectivity index (χ3v) is 9.34. The van der Waals surface area contributed by atoms with Gasteiger partial charge in [0, 0.05) is 12.0 Å². The number of carbonyl (C=O) groups excluding carboxylic acids is 1. The standard InChI is InChI=1S/C24H39NO2/c1-5-6-8-20(26)25-22(4)12-7-11-21(3)18(22)9-13-23-15-17(2)24(27,16-23)14-10-19(21)23/h18-19,27H,2,5-16H2,1,3-4H3,(H,25,26)/t18-,19-,21+,22+,23+,24-/m0/s1. The zero-order chi connectivity index (χ0) is 19.5. The molecule has 4 aliphatic carbocycles. The van der Waals surface area contributed by atoms with Gasteiger partial charge in [0.1, 0.15) is 0 Å². The van der Waals surface area contributed by atoms with E-state index >= 15 is 0 Å². The van der Waals surface area contributed by atoms with Crippen molar-refractivity contribution in [2.75, 3.05) is 0 Å². The molecular weight excluding hydrogens is 334 g/mol. The van der Waals surface area contributed by atoms with Gasteiger partial charge >= 0.3 is 0 Å². The summed E-state index contributed by atoms with van der Waals surface area (Å²) in [5.74, 6) is 1.46. The van der Waals surface area contributed by atoms with Crippen molar-refractivity contribution in [1.82, 2.24) is 5.32 Å². The Morgan fingerprint density at radius 3 is 2.67 bits per heavy atom. The van der Waals surface area contributed by atoms with E-state index in [9.17, 15) is 9.90 Å². The van der Waals surface area contributed by atoms with Crippen LogP contribution in [0.4, 0.5) is 0 Å². The van der Waals surface area contributed by atoms with Crippen LogP contribution in [0.3, 0.4) is 0 Å². The number of rotatable bonds is 4. The van der Waals surface area contributed by atoms with E-state index in [4.69, 9.17) is 0 Å². The highest BCUT2D eigenvalue weighted by molar-refractivity contribution is 5.76. The quantitative estimate of drug-likeness (QED) is 0.671. The Morgan fingerprint density at radius 2 is 1.93 bits per heavy atom. The molecule has 4 saturated carbocycles. The molecule has 0 heterocycles. The lowest BCUT2D eigenvalue weighted by Crippen LogP contribution is -2.64. The fraction of sp³-hybridized carbons (Fsp3) is 0.875. The second kappa shape index (κ2) is 6.34. The summed E-state index contributed by atoms with van der Waals surface area (Å²) in [6.07, 6.45) is 12.7. The zero-order valence-electron chi connectivity index (χ0n) is 17.7. The summed E-state index contributed by atoms with van der Waals surface area (Å²) < 4.78 is 0. The van der Waals surface area contributed by atoms with E-state index in [2.05, 4.69) is 32.7 Å². The molecular formula is C24H39NO2. The minimum absolute atomic E-state index is 0.0667. The molecule has 0 aromatic carbocycles. The Labute approximate surface area is 165 Å². The summed E-state index contributed by atoms with van der Waals surface area (Å²) in [5.41, 5.74) is 0.975. The fourth-order valence-corrected chi connectivity index (χ4v) is 8.22. The second-order valence-electron chi connectivity index (χ2n) is 11.0. The summed E-state index contributed by atoms with van der Waals surface area (Å²) in [7, 11) is 0.